The van der Waals surface area contributed by atoms with Crippen LogP contribution < -0.4 is 14.8 Å². The number of amides is 3. The molecule has 8 heteroatoms. The lowest BCUT2D eigenvalue weighted by Gasteiger charge is -2.15. The molecule has 1 aromatic rings. The van der Waals surface area contributed by atoms with Gasteiger partial charge in [-0.15, -0.1) is 12.4 Å². The number of carbonyl (C=O) groups excluding carboxylic acids is 2. The zero-order valence-electron chi connectivity index (χ0n) is 16.4. The molecule has 0 bridgehead atoms. The van der Waals surface area contributed by atoms with Crippen LogP contribution >= 0.6 is 12.4 Å². The van der Waals surface area contributed by atoms with Gasteiger partial charge in [-0.3, -0.25) is 9.69 Å². The molecule has 1 unspecified atom stereocenters. The van der Waals surface area contributed by atoms with Gasteiger partial charge in [-0.25, -0.2) is 4.79 Å². The van der Waals surface area contributed by atoms with Gasteiger partial charge in [0.2, 0.25) is 0 Å². The summed E-state index contributed by atoms with van der Waals surface area (Å²) in [5, 5.41) is 3.33. The van der Waals surface area contributed by atoms with Crippen molar-refractivity contribution in [3.05, 3.63) is 24.3 Å². The van der Waals surface area contributed by atoms with E-state index in [0.29, 0.717) is 19.8 Å². The van der Waals surface area contributed by atoms with Crippen molar-refractivity contribution < 1.29 is 19.1 Å². The SMILES string of the molecule is CCOc1ccccc1OCCNCCCCN1C(=O)C2CCCN2C1=O.Cl. The minimum atomic E-state index is -0.188. The molecule has 1 aromatic carbocycles. The first-order chi connectivity index (χ1) is 13.2. The topological polar surface area (TPSA) is 71.1 Å². The monoisotopic (exact) mass is 411 g/mol. The van der Waals surface area contributed by atoms with E-state index < -0.39 is 0 Å². The number of hydrogen-bond donors (Lipinski definition) is 1. The highest BCUT2D eigenvalue weighted by molar-refractivity contribution is 6.04. The van der Waals surface area contributed by atoms with E-state index in [2.05, 4.69) is 5.32 Å². The van der Waals surface area contributed by atoms with Gasteiger partial charge >= 0.3 is 6.03 Å². The molecule has 2 aliphatic heterocycles. The number of fused-ring (bicyclic) bond motifs is 1. The number of benzene rings is 1. The summed E-state index contributed by atoms with van der Waals surface area (Å²) in [6.07, 6.45) is 3.49. The smallest absolute Gasteiger partial charge is 0.327 e. The third-order valence-corrected chi connectivity index (χ3v) is 4.95. The van der Waals surface area contributed by atoms with Crippen LogP contribution in [0.3, 0.4) is 0 Å². The fraction of sp³-hybridized carbons (Fsp3) is 0.600. The van der Waals surface area contributed by atoms with E-state index in [1.54, 1.807) is 4.90 Å². The summed E-state index contributed by atoms with van der Waals surface area (Å²) in [5.74, 6) is 1.51. The van der Waals surface area contributed by atoms with E-state index in [1.807, 2.05) is 31.2 Å². The number of nitrogens with one attached hydrogen (secondary N) is 1. The molecule has 0 aromatic heterocycles. The molecule has 28 heavy (non-hydrogen) atoms. The van der Waals surface area contributed by atoms with Crippen LogP contribution in [0.4, 0.5) is 4.79 Å². The zero-order valence-corrected chi connectivity index (χ0v) is 17.2. The van der Waals surface area contributed by atoms with E-state index in [1.165, 1.54) is 4.90 Å². The number of unbranched alkanes of at least 4 members (excludes halogenated alkanes) is 1. The third-order valence-electron chi connectivity index (χ3n) is 4.95. The van der Waals surface area contributed by atoms with E-state index >= 15 is 0 Å². The summed E-state index contributed by atoms with van der Waals surface area (Å²) in [4.78, 5) is 27.6. The number of imide groups is 1. The number of nitrogens with zero attached hydrogens (tertiary/aromatic N) is 2. The van der Waals surface area contributed by atoms with Crippen molar-refractivity contribution in [3.8, 4) is 11.5 Å². The lowest BCUT2D eigenvalue weighted by Crippen LogP contribution is -2.34. The summed E-state index contributed by atoms with van der Waals surface area (Å²) >= 11 is 0. The Morgan fingerprint density at radius 1 is 1.11 bits per heavy atom. The van der Waals surface area contributed by atoms with Crippen molar-refractivity contribution in [1.29, 1.82) is 0 Å². The van der Waals surface area contributed by atoms with E-state index in [0.717, 1.165) is 56.8 Å². The van der Waals surface area contributed by atoms with Crippen LogP contribution in [0.1, 0.15) is 32.6 Å². The molecule has 2 fully saturated rings. The van der Waals surface area contributed by atoms with Crippen LogP contribution in [-0.4, -0.2) is 67.2 Å². The van der Waals surface area contributed by atoms with Crippen LogP contribution in [-0.2, 0) is 4.79 Å². The summed E-state index contributed by atoms with van der Waals surface area (Å²) in [5.41, 5.74) is 0. The van der Waals surface area contributed by atoms with Gasteiger partial charge in [0.15, 0.2) is 11.5 Å². The molecular weight excluding hydrogens is 382 g/mol. The number of ether oxygens (including phenoxy) is 2. The fourth-order valence-corrected chi connectivity index (χ4v) is 3.61. The minimum Gasteiger partial charge on any atom is -0.490 e. The van der Waals surface area contributed by atoms with Crippen LogP contribution in [0.5, 0.6) is 11.5 Å². The first kappa shape index (κ1) is 22.3. The molecular formula is C20H30ClN3O4. The molecule has 3 rings (SSSR count). The number of hydrogen-bond acceptors (Lipinski definition) is 5. The quantitative estimate of drug-likeness (QED) is 0.447. The van der Waals surface area contributed by atoms with Crippen molar-refractivity contribution in [1.82, 2.24) is 15.1 Å². The van der Waals surface area contributed by atoms with Crippen molar-refractivity contribution in [2.75, 3.05) is 39.4 Å². The molecule has 2 aliphatic rings. The second-order valence-corrected chi connectivity index (χ2v) is 6.81. The van der Waals surface area contributed by atoms with Crippen molar-refractivity contribution in [2.24, 2.45) is 0 Å². The minimum absolute atomic E-state index is 0. The van der Waals surface area contributed by atoms with Crippen molar-refractivity contribution in [2.45, 2.75) is 38.6 Å². The van der Waals surface area contributed by atoms with Crippen LogP contribution in [0.2, 0.25) is 0 Å². The molecule has 156 valence electrons. The third kappa shape index (κ3) is 5.29. The highest BCUT2D eigenvalue weighted by Gasteiger charge is 2.46. The maximum Gasteiger partial charge on any atom is 0.327 e. The summed E-state index contributed by atoms with van der Waals surface area (Å²) in [7, 11) is 0. The highest BCUT2D eigenvalue weighted by atomic mass is 35.5. The average molecular weight is 412 g/mol. The number of carbonyl (C=O) groups is 2. The molecule has 0 saturated carbocycles. The second kappa shape index (κ2) is 11.1. The Hall–Kier alpha value is -1.99. The first-order valence-corrected chi connectivity index (χ1v) is 9.89. The van der Waals surface area contributed by atoms with Gasteiger partial charge in [0.1, 0.15) is 12.6 Å². The van der Waals surface area contributed by atoms with Gasteiger partial charge in [-0.05, 0) is 51.3 Å². The summed E-state index contributed by atoms with van der Waals surface area (Å²) in [6, 6.07) is 7.37. The number of para-hydroxylation sites is 2. The Kier molecular flexibility index (Phi) is 8.86. The zero-order chi connectivity index (χ0) is 19.1. The molecule has 0 radical (unpaired) electrons. The Balaban J connectivity index is 0.00000280. The molecule has 0 aliphatic carbocycles. The number of urea groups is 1. The number of halogens is 1. The van der Waals surface area contributed by atoms with Crippen LogP contribution in [0, 0.1) is 0 Å². The lowest BCUT2D eigenvalue weighted by molar-refractivity contribution is -0.128. The Bertz CT molecular complexity index is 636. The molecule has 3 amide bonds. The van der Waals surface area contributed by atoms with Crippen LogP contribution in [0.15, 0.2) is 24.3 Å². The Labute approximate surface area is 172 Å². The van der Waals surface area contributed by atoms with E-state index in [-0.39, 0.29) is 30.4 Å². The van der Waals surface area contributed by atoms with Gasteiger partial charge in [0.05, 0.1) is 6.61 Å². The standard InChI is InChI=1S/C20H29N3O4.ClH/c1-2-26-17-9-3-4-10-18(17)27-15-12-21-11-5-6-13-23-19(24)16-8-7-14-22(16)20(23)25;/h3-4,9-10,16,21H,2,5-8,11-15H2,1H3;1H. The molecule has 1 atom stereocenters. The molecule has 2 heterocycles. The van der Waals surface area contributed by atoms with E-state index in [9.17, 15) is 9.59 Å². The summed E-state index contributed by atoms with van der Waals surface area (Å²) < 4.78 is 11.3. The van der Waals surface area contributed by atoms with Gasteiger partial charge in [0, 0.05) is 19.6 Å². The maximum absolute atomic E-state index is 12.2. The van der Waals surface area contributed by atoms with Crippen LogP contribution in [0.25, 0.3) is 0 Å². The van der Waals surface area contributed by atoms with Gasteiger partial charge in [-0.2, -0.15) is 0 Å². The lowest BCUT2D eigenvalue weighted by atomic mass is 10.2. The van der Waals surface area contributed by atoms with Crippen molar-refractivity contribution in [3.63, 3.8) is 0 Å². The maximum atomic E-state index is 12.2. The molecule has 2 saturated heterocycles. The molecule has 1 N–H and O–H groups in total. The van der Waals surface area contributed by atoms with Gasteiger partial charge in [-0.1, -0.05) is 12.1 Å². The largest absolute Gasteiger partial charge is 0.490 e. The predicted octanol–water partition coefficient (Wildman–Crippen LogP) is 2.68. The molecule has 0 spiro atoms. The Morgan fingerprint density at radius 2 is 1.86 bits per heavy atom. The van der Waals surface area contributed by atoms with Gasteiger partial charge < -0.3 is 19.7 Å². The van der Waals surface area contributed by atoms with Crippen molar-refractivity contribution >= 4 is 24.3 Å². The predicted molar refractivity (Wildman–Crippen MR) is 109 cm³/mol. The van der Waals surface area contributed by atoms with E-state index in [4.69, 9.17) is 9.47 Å². The fourth-order valence-electron chi connectivity index (χ4n) is 3.61. The first-order valence-electron chi connectivity index (χ1n) is 9.89. The average Bonchev–Trinajstić information content (AvgIpc) is 3.24. The molecule has 7 nitrogen and oxygen atoms in total. The normalized spacial score (nSPS) is 18.2. The van der Waals surface area contributed by atoms with Gasteiger partial charge in [0.25, 0.3) is 5.91 Å². The highest BCUT2D eigenvalue weighted by Crippen LogP contribution is 2.27. The Morgan fingerprint density at radius 3 is 2.57 bits per heavy atom. The number of rotatable bonds is 11. The second-order valence-electron chi connectivity index (χ2n) is 6.81. The summed E-state index contributed by atoms with van der Waals surface area (Å²) in [6.45, 7) is 5.93.